The van der Waals surface area contributed by atoms with E-state index in [1.165, 1.54) is 24.3 Å². The van der Waals surface area contributed by atoms with Gasteiger partial charge in [-0.1, -0.05) is 35.9 Å². The first kappa shape index (κ1) is 26.9. The number of hydrogen-bond donors (Lipinski definition) is 0. The van der Waals surface area contributed by atoms with Gasteiger partial charge in [0.1, 0.15) is 5.82 Å². The van der Waals surface area contributed by atoms with Crippen molar-refractivity contribution in [2.75, 3.05) is 20.6 Å². The lowest BCUT2D eigenvalue weighted by molar-refractivity contribution is -0.384. The lowest BCUT2D eigenvalue weighted by atomic mass is 10.0. The Labute approximate surface area is 233 Å². The highest BCUT2D eigenvalue weighted by molar-refractivity contribution is 6.35. The van der Waals surface area contributed by atoms with E-state index in [1.54, 1.807) is 47.0 Å². The van der Waals surface area contributed by atoms with Crippen LogP contribution in [0.4, 0.5) is 5.69 Å². The van der Waals surface area contributed by atoms with Gasteiger partial charge in [0.2, 0.25) is 0 Å². The van der Waals surface area contributed by atoms with E-state index in [1.807, 2.05) is 19.0 Å². The number of nitro groups is 1. The molecule has 0 bridgehead atoms. The van der Waals surface area contributed by atoms with E-state index in [2.05, 4.69) is 10.2 Å². The Kier molecular flexibility index (Phi) is 7.24. The van der Waals surface area contributed by atoms with E-state index in [-0.39, 0.29) is 51.0 Å². The van der Waals surface area contributed by atoms with Gasteiger partial charge in [-0.15, -0.1) is 10.2 Å². The van der Waals surface area contributed by atoms with E-state index < -0.39 is 22.5 Å². The van der Waals surface area contributed by atoms with Gasteiger partial charge in [-0.2, -0.15) is 0 Å². The third kappa shape index (κ3) is 4.88. The highest BCUT2D eigenvalue weighted by Gasteiger charge is 2.36. The molecule has 0 saturated heterocycles. The summed E-state index contributed by atoms with van der Waals surface area (Å²) in [6.45, 7) is 0.351. The smallest absolute Gasteiger partial charge is 0.270 e. The van der Waals surface area contributed by atoms with Gasteiger partial charge < -0.3 is 4.90 Å². The number of aromatic nitrogens is 3. The molecule has 3 aromatic carbocycles. The zero-order chi connectivity index (χ0) is 28.6. The van der Waals surface area contributed by atoms with Crippen LogP contribution in [0.25, 0.3) is 5.69 Å². The average Bonchev–Trinajstić information content (AvgIpc) is 3.45. The van der Waals surface area contributed by atoms with Crippen molar-refractivity contribution in [1.29, 1.82) is 0 Å². The number of carbonyl (C=O) groups excluding carboxylic acids is 3. The first-order valence-electron chi connectivity index (χ1n) is 12.3. The maximum absolute atomic E-state index is 13.8. The number of ketones is 1. The largest absolute Gasteiger partial charge is 0.309 e. The third-order valence-electron chi connectivity index (χ3n) is 6.55. The fourth-order valence-corrected chi connectivity index (χ4v) is 4.77. The van der Waals surface area contributed by atoms with Crippen LogP contribution < -0.4 is 0 Å². The Morgan fingerprint density at radius 1 is 0.925 bits per heavy atom. The van der Waals surface area contributed by atoms with Gasteiger partial charge in [0.15, 0.2) is 11.6 Å². The Balaban J connectivity index is 1.65. The number of imide groups is 1. The van der Waals surface area contributed by atoms with Gasteiger partial charge in [0, 0.05) is 30.7 Å². The van der Waals surface area contributed by atoms with E-state index in [4.69, 9.17) is 11.6 Å². The molecule has 0 radical (unpaired) electrons. The molecular formula is C28H23ClN6O5. The van der Waals surface area contributed by atoms with E-state index in [0.717, 1.165) is 4.90 Å². The minimum atomic E-state index is -0.591. The fraction of sp³-hybridized carbons (Fsp3) is 0.179. The van der Waals surface area contributed by atoms with Crippen LogP contribution >= 0.6 is 11.6 Å². The molecule has 0 fully saturated rings. The second kappa shape index (κ2) is 10.8. The Morgan fingerprint density at radius 2 is 1.55 bits per heavy atom. The number of likely N-dealkylation sites (N-methyl/N-ethyl adjacent to an activating group) is 1. The zero-order valence-corrected chi connectivity index (χ0v) is 22.3. The fourth-order valence-electron chi connectivity index (χ4n) is 4.55. The summed E-state index contributed by atoms with van der Waals surface area (Å²) in [5.74, 6) is -0.821. The minimum absolute atomic E-state index is 0.00295. The Bertz CT molecular complexity index is 1650. The second-order valence-corrected chi connectivity index (χ2v) is 9.84. The maximum Gasteiger partial charge on any atom is 0.270 e. The van der Waals surface area contributed by atoms with Crippen molar-refractivity contribution in [3.8, 4) is 5.69 Å². The monoisotopic (exact) mass is 558 g/mol. The van der Waals surface area contributed by atoms with Gasteiger partial charge in [-0.3, -0.25) is 34.0 Å². The molecule has 1 aromatic heterocycles. The number of amides is 2. The summed E-state index contributed by atoms with van der Waals surface area (Å²) in [6.07, 6.45) is 0.402. The molecule has 0 N–H and O–H groups in total. The number of halogens is 1. The van der Waals surface area contributed by atoms with Gasteiger partial charge in [-0.25, -0.2) is 0 Å². The summed E-state index contributed by atoms with van der Waals surface area (Å²) in [6, 6.07) is 16.8. The Morgan fingerprint density at radius 3 is 2.17 bits per heavy atom. The quantitative estimate of drug-likeness (QED) is 0.130. The number of nitro benzene ring substituents is 1. The SMILES string of the molecule is CN(C)CCc1nnc(CN2C(=O)c3ccccc3C2=O)n1-c1ccc([N+](=O)[O-])cc1C(=O)c1ccccc1Cl. The summed E-state index contributed by atoms with van der Waals surface area (Å²) in [4.78, 5) is 54.0. The van der Waals surface area contributed by atoms with Gasteiger partial charge in [0.25, 0.3) is 17.5 Å². The van der Waals surface area contributed by atoms with E-state index >= 15 is 0 Å². The molecule has 0 spiro atoms. The van der Waals surface area contributed by atoms with Crippen LogP contribution in [0.1, 0.15) is 48.3 Å². The molecule has 0 aliphatic carbocycles. The summed E-state index contributed by atoms with van der Waals surface area (Å²) in [5, 5.41) is 20.4. The molecule has 11 nitrogen and oxygen atoms in total. The molecule has 0 saturated carbocycles. The van der Waals surface area contributed by atoms with Gasteiger partial charge in [0.05, 0.1) is 38.9 Å². The molecule has 1 aliphatic rings. The van der Waals surface area contributed by atoms with Crippen LogP contribution in [0, 0.1) is 10.1 Å². The predicted molar refractivity (Wildman–Crippen MR) is 146 cm³/mol. The molecule has 1 aliphatic heterocycles. The molecule has 12 heteroatoms. The molecule has 40 heavy (non-hydrogen) atoms. The number of fused-ring (bicyclic) bond motifs is 1. The van der Waals surface area contributed by atoms with Crippen molar-refractivity contribution in [2.24, 2.45) is 0 Å². The van der Waals surface area contributed by atoms with E-state index in [0.29, 0.717) is 18.8 Å². The normalized spacial score (nSPS) is 12.8. The Hall–Kier alpha value is -4.74. The summed E-state index contributed by atoms with van der Waals surface area (Å²) >= 11 is 6.31. The standard InChI is InChI=1S/C28H23ClN6O5/c1-32(2)14-13-24-30-31-25(16-33-27(37)18-7-3-4-8-19(18)28(33)38)34(24)23-12-11-17(35(39)40)15-21(23)26(36)20-9-5-6-10-22(20)29/h3-12,15H,13-14,16H2,1-2H3. The lowest BCUT2D eigenvalue weighted by Gasteiger charge is -2.18. The highest BCUT2D eigenvalue weighted by Crippen LogP contribution is 2.30. The van der Waals surface area contributed by atoms with Crippen molar-refractivity contribution in [3.63, 3.8) is 0 Å². The van der Waals surface area contributed by atoms with Crippen molar-refractivity contribution < 1.29 is 19.3 Å². The summed E-state index contributed by atoms with van der Waals surface area (Å²) < 4.78 is 1.58. The van der Waals surface area contributed by atoms with Gasteiger partial charge in [-0.05, 0) is 44.4 Å². The lowest BCUT2D eigenvalue weighted by Crippen LogP contribution is -2.30. The number of hydrogen-bond acceptors (Lipinski definition) is 8. The molecule has 2 heterocycles. The number of nitrogens with zero attached hydrogens (tertiary/aromatic N) is 6. The van der Waals surface area contributed by atoms with Crippen LogP contribution in [0.5, 0.6) is 0 Å². The number of rotatable bonds is 9. The van der Waals surface area contributed by atoms with Crippen molar-refractivity contribution in [1.82, 2.24) is 24.6 Å². The molecule has 4 aromatic rings. The first-order valence-corrected chi connectivity index (χ1v) is 12.7. The highest BCUT2D eigenvalue weighted by atomic mass is 35.5. The van der Waals surface area contributed by atoms with Crippen LogP contribution in [0.15, 0.2) is 66.7 Å². The van der Waals surface area contributed by atoms with Crippen LogP contribution in [0.3, 0.4) is 0 Å². The summed E-state index contributed by atoms with van der Waals surface area (Å²) in [7, 11) is 3.78. The molecule has 202 valence electrons. The first-order chi connectivity index (χ1) is 19.2. The molecule has 2 amide bonds. The molecule has 0 atom stereocenters. The number of carbonyl (C=O) groups is 3. The molecule has 0 unspecified atom stereocenters. The predicted octanol–water partition coefficient (Wildman–Crippen LogP) is 3.96. The number of non-ortho nitro benzene ring substituents is 1. The average molecular weight is 559 g/mol. The zero-order valence-electron chi connectivity index (χ0n) is 21.6. The van der Waals surface area contributed by atoms with Crippen molar-refractivity contribution >= 4 is 34.9 Å². The van der Waals surface area contributed by atoms with E-state index in [9.17, 15) is 24.5 Å². The molecule has 5 rings (SSSR count). The summed E-state index contributed by atoms with van der Waals surface area (Å²) in [5.41, 5.74) is 0.713. The number of benzene rings is 3. The van der Waals surface area contributed by atoms with Crippen molar-refractivity contribution in [2.45, 2.75) is 13.0 Å². The minimum Gasteiger partial charge on any atom is -0.309 e. The van der Waals surface area contributed by atoms with Gasteiger partial charge >= 0.3 is 0 Å². The van der Waals surface area contributed by atoms with Crippen LogP contribution in [-0.2, 0) is 13.0 Å². The van der Waals surface area contributed by atoms with Crippen molar-refractivity contribution in [3.05, 3.63) is 116 Å². The van der Waals surface area contributed by atoms with Crippen LogP contribution in [-0.4, -0.2) is 67.7 Å². The second-order valence-electron chi connectivity index (χ2n) is 9.43. The molecular weight excluding hydrogens is 536 g/mol. The topological polar surface area (TPSA) is 132 Å². The maximum atomic E-state index is 13.8. The van der Waals surface area contributed by atoms with Crippen LogP contribution in [0.2, 0.25) is 5.02 Å². The third-order valence-corrected chi connectivity index (χ3v) is 6.88.